The van der Waals surface area contributed by atoms with Crippen molar-refractivity contribution >= 4 is 39.5 Å². The number of amides is 2. The van der Waals surface area contributed by atoms with Crippen molar-refractivity contribution < 1.29 is 46.1 Å². The largest absolute Gasteiger partial charge is 0.468 e. The lowest BCUT2D eigenvalue weighted by Gasteiger charge is -2.42. The minimum atomic E-state index is -1.31. The Morgan fingerprint density at radius 1 is 1.00 bits per heavy atom. The van der Waals surface area contributed by atoms with Crippen LogP contribution in [0.1, 0.15) is 63.2 Å². The van der Waals surface area contributed by atoms with Gasteiger partial charge in [-0.2, -0.15) is 9.97 Å². The Hall–Kier alpha value is -4.96. The van der Waals surface area contributed by atoms with Crippen LogP contribution in [0.3, 0.4) is 0 Å². The standard InChI is InChI=1S/C40H44F4N6O6/c1-39(2,3)56-38(52)50-23-9-10-24(50)18-48(17-23)36-31-32(43)30(35(45)51)29(26-14-25(55-20-53-4)13-21-7-5-8-27(42)28(21)26)33(44)34(31)46-37(47-36)54-19-40-11-6-12-49(40)16-22(41)15-40/h5,7-8,13-14,22-24H,6,9-12,15-20H2,1-4H3,(H2,45,51)/t22-,23?,24?,40+/m1/s1. The summed E-state index contributed by atoms with van der Waals surface area (Å²) in [5.74, 6) is -4.40. The first-order valence-corrected chi connectivity index (χ1v) is 18.8. The summed E-state index contributed by atoms with van der Waals surface area (Å²) in [5.41, 5.74) is 2.30. The number of piperazine rings is 1. The number of methoxy groups -OCH3 is 1. The Bertz CT molecular complexity index is 2220. The van der Waals surface area contributed by atoms with Crippen LogP contribution in [0.4, 0.5) is 28.2 Å². The number of ether oxygens (including phenoxy) is 4. The van der Waals surface area contributed by atoms with Gasteiger partial charge in [-0.3, -0.25) is 14.6 Å². The highest BCUT2D eigenvalue weighted by molar-refractivity contribution is 6.11. The van der Waals surface area contributed by atoms with Crippen LogP contribution in [0.2, 0.25) is 0 Å². The van der Waals surface area contributed by atoms with Gasteiger partial charge >= 0.3 is 12.1 Å². The molecule has 298 valence electrons. The highest BCUT2D eigenvalue weighted by Gasteiger charge is 2.50. The summed E-state index contributed by atoms with van der Waals surface area (Å²) in [6.45, 7) is 6.46. The maximum atomic E-state index is 17.6. The average molecular weight is 781 g/mol. The molecule has 56 heavy (non-hydrogen) atoms. The molecule has 2 amide bonds. The third-order valence-corrected chi connectivity index (χ3v) is 11.4. The number of hydrogen-bond acceptors (Lipinski definition) is 10. The maximum absolute atomic E-state index is 17.6. The molecule has 4 atom stereocenters. The molecule has 4 aromatic rings. The van der Waals surface area contributed by atoms with E-state index >= 15 is 13.2 Å². The number of primary amides is 1. The van der Waals surface area contributed by atoms with Gasteiger partial charge in [0.15, 0.2) is 12.6 Å². The molecular weight excluding hydrogens is 736 g/mol. The van der Waals surface area contributed by atoms with Crippen LogP contribution >= 0.6 is 0 Å². The van der Waals surface area contributed by atoms with Crippen LogP contribution in [0.5, 0.6) is 11.8 Å². The molecule has 2 N–H and O–H groups in total. The molecule has 4 aliphatic rings. The minimum Gasteiger partial charge on any atom is -0.468 e. The van der Waals surface area contributed by atoms with Crippen molar-refractivity contribution in [1.82, 2.24) is 19.8 Å². The van der Waals surface area contributed by atoms with Gasteiger partial charge in [-0.25, -0.2) is 22.4 Å². The first kappa shape index (κ1) is 37.9. The van der Waals surface area contributed by atoms with Gasteiger partial charge in [0.1, 0.15) is 47.1 Å². The van der Waals surface area contributed by atoms with E-state index in [-0.39, 0.29) is 85.5 Å². The molecule has 0 spiro atoms. The summed E-state index contributed by atoms with van der Waals surface area (Å²) in [6.07, 6.45) is 1.52. The minimum absolute atomic E-state index is 0.00109. The second-order valence-corrected chi connectivity index (χ2v) is 16.2. The first-order valence-electron chi connectivity index (χ1n) is 18.8. The number of alkyl halides is 1. The number of rotatable bonds is 9. The fourth-order valence-corrected chi connectivity index (χ4v) is 9.13. The summed E-state index contributed by atoms with van der Waals surface area (Å²) in [6, 6.07) is 5.98. The molecule has 8 rings (SSSR count). The lowest BCUT2D eigenvalue weighted by Crippen LogP contribution is -2.57. The Balaban J connectivity index is 1.31. The molecule has 2 unspecified atom stereocenters. The Labute approximate surface area is 320 Å². The number of aromatic nitrogens is 2. The van der Waals surface area contributed by atoms with Gasteiger partial charge in [-0.05, 0) is 76.6 Å². The fraction of sp³-hybridized carbons (Fsp3) is 0.500. The highest BCUT2D eigenvalue weighted by Crippen LogP contribution is 2.45. The van der Waals surface area contributed by atoms with Crippen LogP contribution in [0.25, 0.3) is 32.8 Å². The van der Waals surface area contributed by atoms with E-state index in [4.69, 9.17) is 24.7 Å². The van der Waals surface area contributed by atoms with Gasteiger partial charge in [0.25, 0.3) is 5.91 Å². The van der Waals surface area contributed by atoms with Gasteiger partial charge in [-0.1, -0.05) is 12.1 Å². The van der Waals surface area contributed by atoms with Crippen LogP contribution in [-0.2, 0) is 9.47 Å². The lowest BCUT2D eigenvalue weighted by molar-refractivity contribution is 0.0122. The molecular formula is C40H44F4N6O6. The van der Waals surface area contributed by atoms with Crippen LogP contribution in [-0.4, -0.2) is 108 Å². The van der Waals surface area contributed by atoms with Crippen molar-refractivity contribution in [2.24, 2.45) is 5.73 Å². The summed E-state index contributed by atoms with van der Waals surface area (Å²) < 4.78 is 87.9. The molecule has 2 bridgehead atoms. The van der Waals surface area contributed by atoms with Gasteiger partial charge in [0.2, 0.25) is 0 Å². The number of carbonyl (C=O) groups excluding carboxylic acids is 2. The van der Waals surface area contributed by atoms with Gasteiger partial charge < -0.3 is 29.6 Å². The van der Waals surface area contributed by atoms with Crippen molar-refractivity contribution in [2.45, 2.75) is 82.3 Å². The van der Waals surface area contributed by atoms with E-state index in [2.05, 4.69) is 9.97 Å². The molecule has 4 fully saturated rings. The molecule has 12 nitrogen and oxygen atoms in total. The van der Waals surface area contributed by atoms with Crippen molar-refractivity contribution in [3.8, 4) is 22.9 Å². The predicted molar refractivity (Wildman–Crippen MR) is 199 cm³/mol. The summed E-state index contributed by atoms with van der Waals surface area (Å²) in [5, 5.41) is -0.266. The Morgan fingerprint density at radius 3 is 2.45 bits per heavy atom. The second-order valence-electron chi connectivity index (χ2n) is 16.2. The zero-order chi connectivity index (χ0) is 39.7. The molecule has 5 heterocycles. The summed E-state index contributed by atoms with van der Waals surface area (Å²) in [4.78, 5) is 41.1. The monoisotopic (exact) mass is 780 g/mol. The van der Waals surface area contributed by atoms with E-state index in [0.717, 1.165) is 12.5 Å². The summed E-state index contributed by atoms with van der Waals surface area (Å²) >= 11 is 0. The number of carbonyl (C=O) groups is 2. The molecule has 1 aromatic heterocycles. The fourth-order valence-electron chi connectivity index (χ4n) is 9.13. The van der Waals surface area contributed by atoms with E-state index < -0.39 is 68.8 Å². The lowest BCUT2D eigenvalue weighted by atomic mass is 9.91. The third kappa shape index (κ3) is 6.59. The quantitative estimate of drug-likeness (QED) is 0.149. The number of halogens is 4. The van der Waals surface area contributed by atoms with Crippen molar-refractivity contribution in [1.29, 1.82) is 0 Å². The number of anilines is 1. The first-order chi connectivity index (χ1) is 26.7. The zero-order valence-electron chi connectivity index (χ0n) is 31.7. The highest BCUT2D eigenvalue weighted by atomic mass is 19.1. The molecule has 0 saturated carbocycles. The normalized spacial score (nSPS) is 23.6. The van der Waals surface area contributed by atoms with Gasteiger partial charge in [-0.15, -0.1) is 0 Å². The third-order valence-electron chi connectivity index (χ3n) is 11.4. The number of hydrogen-bond donors (Lipinski definition) is 1. The SMILES string of the molecule is COCOc1cc(-c2c(C(N)=O)c(F)c3c(N4CC5CCC(C4)N5C(=O)OC(C)(C)C)nc(OC[C@@]45CCCN4C[C@H](F)C5)nc3c2F)c2c(F)cccc2c1. The molecule has 0 aliphatic carbocycles. The number of benzene rings is 3. The van der Waals surface area contributed by atoms with Crippen molar-refractivity contribution in [3.63, 3.8) is 0 Å². The van der Waals surface area contributed by atoms with E-state index in [1.54, 1.807) is 36.6 Å². The summed E-state index contributed by atoms with van der Waals surface area (Å²) in [7, 11) is 1.40. The molecule has 16 heteroatoms. The van der Waals surface area contributed by atoms with E-state index in [1.807, 2.05) is 4.90 Å². The average Bonchev–Trinajstić information content (AvgIpc) is 3.76. The maximum Gasteiger partial charge on any atom is 0.410 e. The van der Waals surface area contributed by atoms with E-state index in [9.17, 15) is 14.0 Å². The van der Waals surface area contributed by atoms with Crippen LogP contribution < -0.4 is 20.1 Å². The number of fused-ring (bicyclic) bond motifs is 5. The number of nitrogens with two attached hydrogens (primary N) is 1. The second kappa shape index (κ2) is 14.2. The van der Waals surface area contributed by atoms with E-state index in [1.165, 1.54) is 25.3 Å². The Kier molecular flexibility index (Phi) is 9.62. The smallest absolute Gasteiger partial charge is 0.410 e. The molecule has 4 aliphatic heterocycles. The van der Waals surface area contributed by atoms with Crippen LogP contribution in [0.15, 0.2) is 30.3 Å². The topological polar surface area (TPSA) is 133 Å². The zero-order valence-corrected chi connectivity index (χ0v) is 31.7. The van der Waals surface area contributed by atoms with Crippen LogP contribution in [0, 0.1) is 17.5 Å². The molecule has 3 aromatic carbocycles. The Morgan fingerprint density at radius 2 is 1.75 bits per heavy atom. The number of nitrogens with zero attached hydrogens (tertiary/aromatic N) is 5. The van der Waals surface area contributed by atoms with Crippen molar-refractivity contribution in [2.75, 3.05) is 51.6 Å². The molecule has 0 radical (unpaired) electrons. The predicted octanol–water partition coefficient (Wildman–Crippen LogP) is 6.49. The van der Waals surface area contributed by atoms with Gasteiger partial charge in [0.05, 0.1) is 28.6 Å². The molecule has 4 saturated heterocycles. The van der Waals surface area contributed by atoms with E-state index in [0.29, 0.717) is 25.8 Å². The van der Waals surface area contributed by atoms with Gasteiger partial charge in [0, 0.05) is 49.7 Å². The van der Waals surface area contributed by atoms with Crippen molar-refractivity contribution in [3.05, 3.63) is 53.3 Å².